The Hall–Kier alpha value is -5.93. The monoisotopic (exact) mass is 697 g/mol. The predicted octanol–water partition coefficient (Wildman–Crippen LogP) is 13.6. The molecule has 11 rings (SSSR count). The molecule has 0 saturated heterocycles. The number of aliphatic imine (C=N–C) groups is 1. The summed E-state index contributed by atoms with van der Waals surface area (Å²) in [6.07, 6.45) is 23.2. The summed E-state index contributed by atoms with van der Waals surface area (Å²) in [6, 6.07) is 43.1. The first-order valence-electron chi connectivity index (χ1n) is 20.0. The average Bonchev–Trinajstić information content (AvgIpc) is 3.76. The molecule has 0 saturated carbocycles. The lowest BCUT2D eigenvalue weighted by atomic mass is 9.79. The van der Waals surface area contributed by atoms with Crippen LogP contribution in [0.15, 0.2) is 168 Å². The second-order valence-electron chi connectivity index (χ2n) is 15.6. The maximum atomic E-state index is 5.46. The molecular formula is C51H43N3. The van der Waals surface area contributed by atoms with Gasteiger partial charge in [0.1, 0.15) is 5.82 Å². The van der Waals surface area contributed by atoms with Gasteiger partial charge in [-0.2, -0.15) is 0 Å². The van der Waals surface area contributed by atoms with E-state index in [-0.39, 0.29) is 5.92 Å². The first-order valence-corrected chi connectivity index (χ1v) is 20.0. The number of hydrogen-bond acceptors (Lipinski definition) is 1. The van der Waals surface area contributed by atoms with Crippen LogP contribution in [0.25, 0.3) is 66.3 Å². The van der Waals surface area contributed by atoms with E-state index in [1.807, 2.05) is 0 Å². The van der Waals surface area contributed by atoms with Crippen molar-refractivity contribution in [3.8, 4) is 11.1 Å². The molecule has 2 aromatic heterocycles. The highest BCUT2D eigenvalue weighted by Crippen LogP contribution is 2.44. The number of benzene rings is 5. The zero-order valence-corrected chi connectivity index (χ0v) is 30.6. The standard InChI is InChI=1S/C51H43N3/c1-3-14-34(15-4-1)39-32-45(36-17-5-2-6-18-36)52-51(33-39)54-48-24-12-10-22-42(48)44-31-38(27-29-50(44)54)37-26-28-49-43(30-37)41-21-9-11-23-47(41)53(49)46-25-13-19-35-16-7-8-20-40(35)46/h1-5,8-12,14-15,17,20-24,26-31,33,35,39H,6-7,13,16,18-19,25,32H2. The van der Waals surface area contributed by atoms with Gasteiger partial charge in [-0.3, -0.25) is 4.57 Å². The van der Waals surface area contributed by atoms with E-state index in [4.69, 9.17) is 4.99 Å². The topological polar surface area (TPSA) is 22.2 Å². The van der Waals surface area contributed by atoms with Crippen molar-refractivity contribution in [2.75, 3.05) is 0 Å². The van der Waals surface area contributed by atoms with Crippen molar-refractivity contribution in [2.45, 2.75) is 57.3 Å². The molecule has 0 N–H and O–H groups in total. The van der Waals surface area contributed by atoms with E-state index in [1.54, 1.807) is 5.57 Å². The van der Waals surface area contributed by atoms with E-state index >= 15 is 0 Å². The number of rotatable bonds is 5. The normalized spacial score (nSPS) is 20.1. The minimum Gasteiger partial charge on any atom is -0.313 e. The number of fused-ring (bicyclic) bond motifs is 7. The van der Waals surface area contributed by atoms with Gasteiger partial charge in [0.25, 0.3) is 0 Å². The van der Waals surface area contributed by atoms with Crippen LogP contribution in [-0.4, -0.2) is 14.8 Å². The summed E-state index contributed by atoms with van der Waals surface area (Å²) in [6.45, 7) is 0. The maximum Gasteiger partial charge on any atom is 0.134 e. The minimum atomic E-state index is 0.259. The van der Waals surface area contributed by atoms with Crippen molar-refractivity contribution in [3.63, 3.8) is 0 Å². The van der Waals surface area contributed by atoms with Crippen molar-refractivity contribution in [2.24, 2.45) is 10.9 Å². The summed E-state index contributed by atoms with van der Waals surface area (Å²) < 4.78 is 5.00. The predicted molar refractivity (Wildman–Crippen MR) is 229 cm³/mol. The fraction of sp³-hybridized carbons (Fsp3) is 0.196. The molecule has 0 bridgehead atoms. The van der Waals surface area contributed by atoms with Crippen LogP contribution in [0.1, 0.15) is 62.8 Å². The van der Waals surface area contributed by atoms with E-state index in [0.717, 1.165) is 31.5 Å². The van der Waals surface area contributed by atoms with Crippen molar-refractivity contribution in [1.82, 2.24) is 9.13 Å². The van der Waals surface area contributed by atoms with Crippen LogP contribution in [0.2, 0.25) is 0 Å². The molecule has 0 fully saturated rings. The number of nitrogens with zero attached hydrogens (tertiary/aromatic N) is 3. The van der Waals surface area contributed by atoms with Crippen LogP contribution in [0.3, 0.4) is 0 Å². The Kier molecular flexibility index (Phi) is 7.53. The molecule has 3 aliphatic carbocycles. The fourth-order valence-electron chi connectivity index (χ4n) is 9.93. The smallest absolute Gasteiger partial charge is 0.134 e. The van der Waals surface area contributed by atoms with Gasteiger partial charge in [-0.25, -0.2) is 4.99 Å². The second-order valence-corrected chi connectivity index (χ2v) is 15.6. The maximum absolute atomic E-state index is 5.46. The third-order valence-electron chi connectivity index (χ3n) is 12.5. The highest BCUT2D eigenvalue weighted by atomic mass is 15.1. The Balaban J connectivity index is 1.07. The third-order valence-corrected chi connectivity index (χ3v) is 12.5. The Morgan fingerprint density at radius 2 is 1.28 bits per heavy atom. The van der Waals surface area contributed by atoms with Gasteiger partial charge < -0.3 is 4.57 Å². The Morgan fingerprint density at radius 1 is 0.593 bits per heavy atom. The Bertz CT molecular complexity index is 2830. The molecule has 0 radical (unpaired) electrons. The Labute approximate surface area is 316 Å². The second kappa shape index (κ2) is 12.9. The molecule has 3 nitrogen and oxygen atoms in total. The lowest BCUT2D eigenvalue weighted by molar-refractivity contribution is 0.482. The minimum absolute atomic E-state index is 0.259. The molecule has 54 heavy (non-hydrogen) atoms. The third kappa shape index (κ3) is 5.13. The van der Waals surface area contributed by atoms with Crippen molar-refractivity contribution in [3.05, 3.63) is 168 Å². The molecule has 2 unspecified atom stereocenters. The molecule has 2 atom stereocenters. The highest BCUT2D eigenvalue weighted by Gasteiger charge is 2.27. The number of para-hydroxylation sites is 2. The van der Waals surface area contributed by atoms with Crippen LogP contribution < -0.4 is 0 Å². The summed E-state index contributed by atoms with van der Waals surface area (Å²) in [5, 5.41) is 5.17. The summed E-state index contributed by atoms with van der Waals surface area (Å²) >= 11 is 0. The zero-order valence-electron chi connectivity index (χ0n) is 30.6. The van der Waals surface area contributed by atoms with Crippen LogP contribution >= 0.6 is 0 Å². The molecule has 1 aliphatic heterocycles. The molecular weight excluding hydrogens is 655 g/mol. The van der Waals surface area contributed by atoms with Crippen LogP contribution in [0, 0.1) is 5.92 Å². The first kappa shape index (κ1) is 31.6. The van der Waals surface area contributed by atoms with E-state index in [9.17, 15) is 0 Å². The quantitative estimate of drug-likeness (QED) is 0.171. The van der Waals surface area contributed by atoms with Gasteiger partial charge in [0, 0.05) is 45.3 Å². The zero-order chi connectivity index (χ0) is 35.6. The van der Waals surface area contributed by atoms with Gasteiger partial charge in [-0.1, -0.05) is 109 Å². The number of hydrogen-bond donors (Lipinski definition) is 0. The lowest BCUT2D eigenvalue weighted by Gasteiger charge is -2.30. The molecule has 7 aromatic rings. The molecule has 5 aromatic carbocycles. The number of allylic oxidation sites excluding steroid dienone is 9. The average molecular weight is 698 g/mol. The van der Waals surface area contributed by atoms with Crippen LogP contribution in [0.5, 0.6) is 0 Å². The van der Waals surface area contributed by atoms with E-state index in [0.29, 0.717) is 5.92 Å². The van der Waals surface area contributed by atoms with E-state index < -0.39 is 0 Å². The number of aromatic nitrogens is 2. The van der Waals surface area contributed by atoms with Crippen LogP contribution in [0.4, 0.5) is 0 Å². The molecule has 0 spiro atoms. The summed E-state index contributed by atoms with van der Waals surface area (Å²) in [4.78, 5) is 5.46. The van der Waals surface area contributed by atoms with E-state index in [1.165, 1.54) is 103 Å². The molecule has 0 amide bonds. The lowest BCUT2D eigenvalue weighted by Crippen LogP contribution is -2.16. The van der Waals surface area contributed by atoms with Gasteiger partial charge in [-0.15, -0.1) is 0 Å². The summed E-state index contributed by atoms with van der Waals surface area (Å²) in [5.74, 6) is 1.97. The molecule has 3 heterocycles. The Morgan fingerprint density at radius 3 is 2.02 bits per heavy atom. The van der Waals surface area contributed by atoms with Gasteiger partial charge in [0.2, 0.25) is 0 Å². The van der Waals surface area contributed by atoms with Gasteiger partial charge >= 0.3 is 0 Å². The van der Waals surface area contributed by atoms with Crippen molar-refractivity contribution >= 4 is 60.8 Å². The first-order chi connectivity index (χ1) is 26.8. The van der Waals surface area contributed by atoms with Gasteiger partial charge in [0.15, 0.2) is 0 Å². The summed E-state index contributed by atoms with van der Waals surface area (Å²) in [7, 11) is 0. The van der Waals surface area contributed by atoms with Crippen molar-refractivity contribution in [1.29, 1.82) is 0 Å². The SMILES string of the molecule is C1=CCCC(C2=NC(n3c4ccccc4c4cc(-c5ccc6c(c5)c5ccccc5n6C5=C6C=CCCC6CCC5)ccc43)=CC(c3ccccc3)C2)=C1. The fourth-order valence-corrected chi connectivity index (χ4v) is 9.93. The largest absolute Gasteiger partial charge is 0.313 e. The van der Waals surface area contributed by atoms with Crippen molar-refractivity contribution < 1.29 is 0 Å². The molecule has 262 valence electrons. The van der Waals surface area contributed by atoms with Crippen LogP contribution in [-0.2, 0) is 0 Å². The highest BCUT2D eigenvalue weighted by molar-refractivity contribution is 6.14. The summed E-state index contributed by atoms with van der Waals surface area (Å²) in [5.41, 5.74) is 14.5. The van der Waals surface area contributed by atoms with E-state index in [2.05, 4.69) is 161 Å². The molecule has 3 heteroatoms. The molecule has 4 aliphatic rings. The van der Waals surface area contributed by atoms with Gasteiger partial charge in [-0.05, 0) is 121 Å². The van der Waals surface area contributed by atoms with Gasteiger partial charge in [0.05, 0.1) is 22.1 Å².